The van der Waals surface area contributed by atoms with Gasteiger partial charge in [-0.15, -0.1) is 0 Å². The maximum Gasteiger partial charge on any atom is 0.338 e. The molecule has 1 aromatic carbocycles. The van der Waals surface area contributed by atoms with Crippen LogP contribution in [0.2, 0.25) is 0 Å². The third-order valence-corrected chi connectivity index (χ3v) is 3.00. The number of carbonyl (C=O) groups is 1. The molecular weight excluding hydrogens is 249 g/mol. The van der Waals surface area contributed by atoms with Crippen LogP contribution < -0.4 is 0 Å². The molecule has 0 saturated heterocycles. The quantitative estimate of drug-likeness (QED) is 0.825. The van der Waals surface area contributed by atoms with Gasteiger partial charge in [-0.3, -0.25) is 4.90 Å². The second-order valence-electron chi connectivity index (χ2n) is 4.64. The molecule has 0 fully saturated rings. The van der Waals surface area contributed by atoms with Gasteiger partial charge in [-0.2, -0.15) is 0 Å². The Morgan fingerprint density at radius 1 is 1.47 bits per heavy atom. The minimum absolute atomic E-state index is 0.225. The predicted octanol–water partition coefficient (Wildman–Crippen LogP) is 2.38. The molecule has 5 heteroatoms. The van der Waals surface area contributed by atoms with Crippen molar-refractivity contribution in [2.45, 2.75) is 26.4 Å². The monoisotopic (exact) mass is 269 g/mol. The van der Waals surface area contributed by atoms with Crippen LogP contribution in [0.4, 0.5) is 4.39 Å². The molecule has 0 saturated carbocycles. The van der Waals surface area contributed by atoms with Crippen LogP contribution in [-0.4, -0.2) is 42.3 Å². The van der Waals surface area contributed by atoms with Gasteiger partial charge >= 0.3 is 5.97 Å². The van der Waals surface area contributed by atoms with Crippen LogP contribution in [0, 0.1) is 5.82 Å². The summed E-state index contributed by atoms with van der Waals surface area (Å²) in [4.78, 5) is 12.9. The van der Waals surface area contributed by atoms with E-state index in [4.69, 9.17) is 9.84 Å². The van der Waals surface area contributed by atoms with Crippen LogP contribution in [0.3, 0.4) is 0 Å². The largest absolute Gasteiger partial charge is 0.478 e. The SMILES string of the molecule is COCCN(Cc1cccc(C(=O)O)c1F)C(C)C. The van der Waals surface area contributed by atoms with Gasteiger partial charge in [-0.05, 0) is 19.9 Å². The Bertz CT molecular complexity index is 435. The van der Waals surface area contributed by atoms with Crippen LogP contribution in [0.15, 0.2) is 18.2 Å². The molecule has 0 aliphatic heterocycles. The Kier molecular flexibility index (Phi) is 5.92. The summed E-state index contributed by atoms with van der Waals surface area (Å²) in [6, 6.07) is 4.68. The van der Waals surface area contributed by atoms with Gasteiger partial charge in [0.1, 0.15) is 5.82 Å². The maximum atomic E-state index is 14.0. The zero-order chi connectivity index (χ0) is 14.4. The zero-order valence-corrected chi connectivity index (χ0v) is 11.5. The Hall–Kier alpha value is -1.46. The Balaban J connectivity index is 2.90. The lowest BCUT2D eigenvalue weighted by Crippen LogP contribution is -2.33. The van der Waals surface area contributed by atoms with Crippen LogP contribution in [0.1, 0.15) is 29.8 Å². The van der Waals surface area contributed by atoms with Gasteiger partial charge in [0.25, 0.3) is 0 Å². The van der Waals surface area contributed by atoms with E-state index in [0.29, 0.717) is 25.3 Å². The third kappa shape index (κ3) is 4.29. The van der Waals surface area contributed by atoms with Crippen LogP contribution in [0.25, 0.3) is 0 Å². The first kappa shape index (κ1) is 15.6. The van der Waals surface area contributed by atoms with E-state index >= 15 is 0 Å². The van der Waals surface area contributed by atoms with Crippen molar-refractivity contribution in [3.8, 4) is 0 Å². The zero-order valence-electron chi connectivity index (χ0n) is 11.5. The molecule has 0 amide bonds. The summed E-state index contributed by atoms with van der Waals surface area (Å²) in [5, 5.41) is 8.90. The number of methoxy groups -OCH3 is 1. The minimum Gasteiger partial charge on any atom is -0.478 e. The van der Waals surface area contributed by atoms with Gasteiger partial charge in [0.2, 0.25) is 0 Å². The van der Waals surface area contributed by atoms with E-state index in [1.54, 1.807) is 19.2 Å². The fourth-order valence-electron chi connectivity index (χ4n) is 1.81. The molecule has 0 spiro atoms. The Morgan fingerprint density at radius 2 is 2.16 bits per heavy atom. The molecule has 4 nitrogen and oxygen atoms in total. The molecule has 0 aliphatic carbocycles. The highest BCUT2D eigenvalue weighted by molar-refractivity contribution is 5.88. The van der Waals surface area contributed by atoms with E-state index in [9.17, 15) is 9.18 Å². The van der Waals surface area contributed by atoms with Gasteiger partial charge < -0.3 is 9.84 Å². The first-order valence-electron chi connectivity index (χ1n) is 6.21. The van der Waals surface area contributed by atoms with Crippen LogP contribution >= 0.6 is 0 Å². The van der Waals surface area contributed by atoms with Crippen molar-refractivity contribution in [1.29, 1.82) is 0 Å². The van der Waals surface area contributed by atoms with E-state index < -0.39 is 11.8 Å². The molecule has 0 aliphatic rings. The van der Waals surface area contributed by atoms with Gasteiger partial charge in [0.15, 0.2) is 0 Å². The second kappa shape index (κ2) is 7.21. The maximum absolute atomic E-state index is 14.0. The van der Waals surface area contributed by atoms with E-state index in [-0.39, 0.29) is 11.6 Å². The van der Waals surface area contributed by atoms with Crippen molar-refractivity contribution < 1.29 is 19.0 Å². The third-order valence-electron chi connectivity index (χ3n) is 3.00. The van der Waals surface area contributed by atoms with Gasteiger partial charge in [-0.25, -0.2) is 9.18 Å². The fraction of sp³-hybridized carbons (Fsp3) is 0.500. The number of carboxylic acid groups (broad SMARTS) is 1. The highest BCUT2D eigenvalue weighted by Gasteiger charge is 2.17. The number of hydrogen-bond donors (Lipinski definition) is 1. The van der Waals surface area contributed by atoms with Crippen molar-refractivity contribution in [3.63, 3.8) is 0 Å². The van der Waals surface area contributed by atoms with Gasteiger partial charge in [0.05, 0.1) is 12.2 Å². The molecule has 1 N–H and O–H groups in total. The molecule has 106 valence electrons. The molecular formula is C14H20FNO3. The number of halogens is 1. The number of hydrogen-bond acceptors (Lipinski definition) is 3. The molecule has 0 bridgehead atoms. The minimum atomic E-state index is -1.24. The molecule has 0 heterocycles. The smallest absolute Gasteiger partial charge is 0.338 e. The van der Waals surface area contributed by atoms with Crippen molar-refractivity contribution in [3.05, 3.63) is 35.1 Å². The van der Waals surface area contributed by atoms with E-state index in [1.165, 1.54) is 6.07 Å². The molecule has 1 aromatic rings. The molecule has 0 unspecified atom stereocenters. The topological polar surface area (TPSA) is 49.8 Å². The summed E-state index contributed by atoms with van der Waals surface area (Å²) in [6.45, 7) is 5.61. The number of benzene rings is 1. The predicted molar refractivity (Wildman–Crippen MR) is 70.8 cm³/mol. The summed E-state index contributed by atoms with van der Waals surface area (Å²) in [5.41, 5.74) is 0.109. The summed E-state index contributed by atoms with van der Waals surface area (Å²) in [6.07, 6.45) is 0. The summed E-state index contributed by atoms with van der Waals surface area (Å²) in [5.74, 6) is -1.90. The first-order chi connectivity index (χ1) is 8.97. The van der Waals surface area contributed by atoms with Crippen molar-refractivity contribution in [1.82, 2.24) is 4.90 Å². The molecule has 0 atom stereocenters. The Morgan fingerprint density at radius 3 is 2.68 bits per heavy atom. The van der Waals surface area contributed by atoms with E-state index in [0.717, 1.165) is 0 Å². The van der Waals surface area contributed by atoms with Crippen molar-refractivity contribution >= 4 is 5.97 Å². The summed E-state index contributed by atoms with van der Waals surface area (Å²) < 4.78 is 19.1. The Labute approximate surface area is 112 Å². The average molecular weight is 269 g/mol. The molecule has 0 aromatic heterocycles. The lowest BCUT2D eigenvalue weighted by Gasteiger charge is -2.26. The highest BCUT2D eigenvalue weighted by Crippen LogP contribution is 2.16. The highest BCUT2D eigenvalue weighted by atomic mass is 19.1. The lowest BCUT2D eigenvalue weighted by atomic mass is 10.1. The van der Waals surface area contributed by atoms with Gasteiger partial charge in [0, 0.05) is 31.8 Å². The second-order valence-corrected chi connectivity index (χ2v) is 4.64. The normalized spacial score (nSPS) is 11.3. The number of ether oxygens (including phenoxy) is 1. The first-order valence-corrected chi connectivity index (χ1v) is 6.21. The molecule has 19 heavy (non-hydrogen) atoms. The molecule has 0 radical (unpaired) electrons. The number of carboxylic acids is 1. The lowest BCUT2D eigenvalue weighted by molar-refractivity contribution is 0.0691. The van der Waals surface area contributed by atoms with Crippen molar-refractivity contribution in [2.75, 3.05) is 20.3 Å². The number of aromatic carboxylic acids is 1. The molecule has 1 rings (SSSR count). The average Bonchev–Trinajstić information content (AvgIpc) is 2.35. The van der Waals surface area contributed by atoms with Crippen LogP contribution in [0.5, 0.6) is 0 Å². The fourth-order valence-corrected chi connectivity index (χ4v) is 1.81. The number of rotatable bonds is 7. The van der Waals surface area contributed by atoms with E-state index in [2.05, 4.69) is 0 Å². The van der Waals surface area contributed by atoms with Crippen molar-refractivity contribution in [2.24, 2.45) is 0 Å². The summed E-state index contributed by atoms with van der Waals surface area (Å²) >= 11 is 0. The van der Waals surface area contributed by atoms with Crippen LogP contribution in [-0.2, 0) is 11.3 Å². The summed E-state index contributed by atoms with van der Waals surface area (Å²) in [7, 11) is 1.62. The standard InChI is InChI=1S/C14H20FNO3/c1-10(2)16(7-8-19-3)9-11-5-4-6-12(13(11)15)14(17)18/h4-6,10H,7-9H2,1-3H3,(H,17,18). The van der Waals surface area contributed by atoms with Gasteiger partial charge in [-0.1, -0.05) is 12.1 Å². The van der Waals surface area contributed by atoms with E-state index in [1.807, 2.05) is 18.7 Å². The number of nitrogens with zero attached hydrogens (tertiary/aromatic N) is 1.